The lowest BCUT2D eigenvalue weighted by molar-refractivity contribution is -0.00109. The van der Waals surface area contributed by atoms with Gasteiger partial charge in [0, 0.05) is 61.3 Å². The standard InChI is InChI=1S/C35H47N5O5S/c1-37(2)18-19-38-20-21-44-28-14-16-39(17-15-28)46(42,43)36-35(41)26-12-13-29-31(22-26)40-23-27(38)24-45-32-11-7-6-10-30(32)34(40)33(29)25-8-4-3-5-9-25/h6-7,10-13,22,25,27-28H,3-5,8-9,14-21,23-24H2,1-2H3,(H,36,41)/t27-/m1/s1. The number of amides is 1. The number of rotatable bonds is 4. The summed E-state index contributed by atoms with van der Waals surface area (Å²) in [7, 11) is 0.219. The fourth-order valence-corrected chi connectivity index (χ4v) is 9.06. The zero-order chi connectivity index (χ0) is 31.8. The molecule has 1 amide bonds. The van der Waals surface area contributed by atoms with Gasteiger partial charge in [0.15, 0.2) is 0 Å². The van der Waals surface area contributed by atoms with Crippen LogP contribution in [0.1, 0.15) is 66.8 Å². The maximum absolute atomic E-state index is 13.6. The summed E-state index contributed by atoms with van der Waals surface area (Å²) in [6.45, 7) is 4.92. The van der Waals surface area contributed by atoms with Crippen molar-refractivity contribution >= 4 is 27.0 Å². The number of hydrogen-bond donors (Lipinski definition) is 1. The molecule has 0 unspecified atom stereocenters. The molecule has 5 heterocycles. The first-order valence-electron chi connectivity index (χ1n) is 17.0. The molecule has 2 aromatic carbocycles. The van der Waals surface area contributed by atoms with Gasteiger partial charge in [-0.1, -0.05) is 37.5 Å². The minimum Gasteiger partial charge on any atom is -0.491 e. The lowest BCUT2D eigenvalue weighted by Crippen LogP contribution is -2.49. The van der Waals surface area contributed by atoms with Crippen LogP contribution in [0.5, 0.6) is 5.75 Å². The first-order valence-corrected chi connectivity index (χ1v) is 18.4. The summed E-state index contributed by atoms with van der Waals surface area (Å²) in [4.78, 5) is 18.3. The summed E-state index contributed by atoms with van der Waals surface area (Å²) >= 11 is 0. The van der Waals surface area contributed by atoms with E-state index in [4.69, 9.17) is 9.47 Å². The van der Waals surface area contributed by atoms with Crippen LogP contribution >= 0.6 is 0 Å². The molecule has 10 nitrogen and oxygen atoms in total. The average Bonchev–Trinajstić information content (AvgIpc) is 3.36. The SMILES string of the molecule is CN(C)CCN1CCOC2CCN(CC2)S(=O)(=O)NC(=O)c2ccc3c(C4CCCCC4)c4n(c3c2)C[C@@H]1COc1ccccc1-4. The van der Waals surface area contributed by atoms with Crippen LogP contribution in [0.4, 0.5) is 0 Å². The van der Waals surface area contributed by atoms with Gasteiger partial charge < -0.3 is 18.9 Å². The number of likely N-dealkylation sites (N-methyl/N-ethyl adjacent to an activating group) is 1. The Balaban J connectivity index is 1.41. The molecule has 4 aliphatic heterocycles. The molecule has 0 radical (unpaired) electrons. The smallest absolute Gasteiger partial charge is 0.304 e. The molecule has 6 bridgehead atoms. The predicted octanol–water partition coefficient (Wildman–Crippen LogP) is 4.45. The molecule has 2 fully saturated rings. The fraction of sp³-hybridized carbons (Fsp3) is 0.571. The van der Waals surface area contributed by atoms with E-state index in [2.05, 4.69) is 57.4 Å². The van der Waals surface area contributed by atoms with E-state index in [1.807, 2.05) is 12.1 Å². The number of piperidine rings is 1. The molecule has 1 atom stereocenters. The molecule has 1 saturated carbocycles. The average molecular weight is 650 g/mol. The van der Waals surface area contributed by atoms with E-state index in [0.717, 1.165) is 54.7 Å². The summed E-state index contributed by atoms with van der Waals surface area (Å²) in [6.07, 6.45) is 7.09. The summed E-state index contributed by atoms with van der Waals surface area (Å²) in [5, 5.41) is 1.14. The van der Waals surface area contributed by atoms with Crippen molar-refractivity contribution in [3.05, 3.63) is 53.6 Å². The van der Waals surface area contributed by atoms with Crippen molar-refractivity contribution in [2.24, 2.45) is 0 Å². The van der Waals surface area contributed by atoms with E-state index in [1.54, 1.807) is 6.07 Å². The van der Waals surface area contributed by atoms with E-state index in [-0.39, 0.29) is 12.1 Å². The molecule has 5 aliphatic rings. The summed E-state index contributed by atoms with van der Waals surface area (Å²) in [6, 6.07) is 14.2. The third-order valence-electron chi connectivity index (χ3n) is 10.4. The monoisotopic (exact) mass is 649 g/mol. The van der Waals surface area contributed by atoms with Gasteiger partial charge in [0.25, 0.3) is 5.91 Å². The van der Waals surface area contributed by atoms with E-state index >= 15 is 0 Å². The van der Waals surface area contributed by atoms with Crippen molar-refractivity contribution in [3.63, 3.8) is 0 Å². The minimum absolute atomic E-state index is 0.0160. The molecule has 248 valence electrons. The van der Waals surface area contributed by atoms with E-state index in [1.165, 1.54) is 34.8 Å². The largest absolute Gasteiger partial charge is 0.491 e. The van der Waals surface area contributed by atoms with Crippen LogP contribution in [0.2, 0.25) is 0 Å². The Morgan fingerprint density at radius 2 is 1.76 bits per heavy atom. The number of nitrogens with one attached hydrogen (secondary N) is 1. The van der Waals surface area contributed by atoms with Crippen LogP contribution in [0.25, 0.3) is 22.2 Å². The number of carbonyl (C=O) groups is 1. The second-order valence-corrected chi connectivity index (χ2v) is 15.3. The van der Waals surface area contributed by atoms with Crippen LogP contribution in [0.15, 0.2) is 42.5 Å². The highest BCUT2D eigenvalue weighted by atomic mass is 32.2. The highest BCUT2D eigenvalue weighted by molar-refractivity contribution is 7.87. The lowest BCUT2D eigenvalue weighted by Gasteiger charge is -2.36. The van der Waals surface area contributed by atoms with Crippen LogP contribution in [0.3, 0.4) is 0 Å². The molecular weight excluding hydrogens is 602 g/mol. The van der Waals surface area contributed by atoms with E-state index in [9.17, 15) is 13.2 Å². The second kappa shape index (κ2) is 13.3. The molecule has 8 rings (SSSR count). The number of ether oxygens (including phenoxy) is 2. The van der Waals surface area contributed by atoms with Crippen LogP contribution in [-0.4, -0.2) is 105 Å². The Hall–Kier alpha value is -2.96. The van der Waals surface area contributed by atoms with E-state index in [0.29, 0.717) is 57.2 Å². The van der Waals surface area contributed by atoms with Crippen molar-refractivity contribution in [1.29, 1.82) is 0 Å². The molecule has 1 N–H and O–H groups in total. The van der Waals surface area contributed by atoms with Gasteiger partial charge in [-0.2, -0.15) is 12.7 Å². The molecule has 3 aromatic rings. The van der Waals surface area contributed by atoms with Crippen LogP contribution in [-0.2, 0) is 21.5 Å². The Bertz CT molecular complexity index is 1670. The predicted molar refractivity (Wildman–Crippen MR) is 180 cm³/mol. The number of hydrogen-bond acceptors (Lipinski definition) is 7. The molecule has 46 heavy (non-hydrogen) atoms. The van der Waals surface area contributed by atoms with Crippen molar-refractivity contribution in [2.75, 3.05) is 60.0 Å². The minimum atomic E-state index is -3.98. The van der Waals surface area contributed by atoms with Crippen molar-refractivity contribution in [1.82, 2.24) is 23.4 Å². The second-order valence-electron chi connectivity index (χ2n) is 13.6. The molecule has 0 spiro atoms. The van der Waals surface area contributed by atoms with Crippen molar-refractivity contribution in [3.8, 4) is 17.0 Å². The Kier molecular flexibility index (Phi) is 9.13. The number of nitrogens with zero attached hydrogens (tertiary/aromatic N) is 4. The lowest BCUT2D eigenvalue weighted by atomic mass is 9.81. The number of benzene rings is 2. The third kappa shape index (κ3) is 6.32. The highest BCUT2D eigenvalue weighted by Gasteiger charge is 2.34. The van der Waals surface area contributed by atoms with Gasteiger partial charge in [0.1, 0.15) is 12.4 Å². The topological polar surface area (TPSA) is 96.4 Å². The Labute approximate surface area is 272 Å². The van der Waals surface area contributed by atoms with Crippen molar-refractivity contribution in [2.45, 2.75) is 69.6 Å². The number of aromatic nitrogens is 1. The number of carbonyl (C=O) groups excluding carboxylic acids is 1. The van der Waals surface area contributed by atoms with Gasteiger partial charge in [0.2, 0.25) is 0 Å². The number of fused-ring (bicyclic) bond motifs is 9. The highest BCUT2D eigenvalue weighted by Crippen LogP contribution is 2.47. The maximum atomic E-state index is 13.6. The number of para-hydroxylation sites is 1. The Morgan fingerprint density at radius 1 is 0.978 bits per heavy atom. The zero-order valence-corrected chi connectivity index (χ0v) is 27.9. The molecule has 1 aromatic heterocycles. The van der Waals surface area contributed by atoms with Crippen LogP contribution < -0.4 is 9.46 Å². The van der Waals surface area contributed by atoms with Gasteiger partial charge in [-0.15, -0.1) is 0 Å². The zero-order valence-electron chi connectivity index (χ0n) is 27.1. The summed E-state index contributed by atoms with van der Waals surface area (Å²) in [5.74, 6) is 0.675. The van der Waals surface area contributed by atoms with Gasteiger partial charge in [-0.25, -0.2) is 4.72 Å². The van der Waals surface area contributed by atoms with Gasteiger partial charge in [-0.05, 0) is 75.5 Å². The van der Waals surface area contributed by atoms with E-state index < -0.39 is 16.1 Å². The molecule has 1 saturated heterocycles. The molecule has 1 aliphatic carbocycles. The third-order valence-corrected chi connectivity index (χ3v) is 11.9. The Morgan fingerprint density at radius 3 is 2.54 bits per heavy atom. The van der Waals surface area contributed by atoms with Gasteiger partial charge in [-0.3, -0.25) is 9.69 Å². The normalized spacial score (nSPS) is 26.0. The summed E-state index contributed by atoms with van der Waals surface area (Å²) < 4.78 is 45.8. The molecule has 11 heteroatoms. The van der Waals surface area contributed by atoms with Gasteiger partial charge in [0.05, 0.1) is 24.4 Å². The first-order chi connectivity index (χ1) is 22.3. The maximum Gasteiger partial charge on any atom is 0.304 e. The summed E-state index contributed by atoms with van der Waals surface area (Å²) in [5.41, 5.74) is 4.88. The fourth-order valence-electron chi connectivity index (χ4n) is 7.88. The molecular formula is C35H47N5O5S. The van der Waals surface area contributed by atoms with Crippen molar-refractivity contribution < 1.29 is 22.7 Å². The first kappa shape index (κ1) is 31.6. The quantitative estimate of drug-likeness (QED) is 0.446. The van der Waals surface area contributed by atoms with Crippen LogP contribution in [0, 0.1) is 0 Å². The van der Waals surface area contributed by atoms with Gasteiger partial charge >= 0.3 is 10.2 Å².